The minimum atomic E-state index is 0.0161. The average molecular weight is 300 g/mol. The topological polar surface area (TPSA) is 20.3 Å². The molecule has 0 atom stereocenters. The van der Waals surface area contributed by atoms with Crippen LogP contribution < -0.4 is 0 Å². The molecule has 2 aromatic rings. The number of allylic oxidation sites excluding steroid dienone is 1. The van der Waals surface area contributed by atoms with E-state index in [0.29, 0.717) is 5.02 Å². The molecule has 0 radical (unpaired) electrons. The molecule has 21 heavy (non-hydrogen) atoms. The van der Waals surface area contributed by atoms with E-state index in [4.69, 9.17) is 11.6 Å². The molecule has 0 N–H and O–H groups in total. The zero-order valence-electron chi connectivity index (χ0n) is 12.2. The maximum Gasteiger partial charge on any atom is 0.186 e. The summed E-state index contributed by atoms with van der Waals surface area (Å²) < 4.78 is 0. The highest BCUT2D eigenvalue weighted by Crippen LogP contribution is 2.14. The first-order valence-corrected chi connectivity index (χ1v) is 7.14. The van der Waals surface area contributed by atoms with Gasteiger partial charge in [0.05, 0.1) is 0 Å². The van der Waals surface area contributed by atoms with Crippen LogP contribution in [-0.4, -0.2) is 24.8 Å². The first kappa shape index (κ1) is 15.5. The summed E-state index contributed by atoms with van der Waals surface area (Å²) in [6.45, 7) is 0.747. The van der Waals surface area contributed by atoms with Crippen LogP contribution in [0, 0.1) is 0 Å². The van der Waals surface area contributed by atoms with Crippen molar-refractivity contribution < 1.29 is 4.79 Å². The fourth-order valence-electron chi connectivity index (χ4n) is 2.07. The van der Waals surface area contributed by atoms with Crippen molar-refractivity contribution in [3.05, 3.63) is 76.3 Å². The molecule has 0 aliphatic rings. The Bertz CT molecular complexity index is 645. The Morgan fingerprint density at radius 1 is 1.10 bits per heavy atom. The van der Waals surface area contributed by atoms with Gasteiger partial charge < -0.3 is 4.90 Å². The van der Waals surface area contributed by atoms with Crippen LogP contribution in [0.3, 0.4) is 0 Å². The minimum absolute atomic E-state index is 0.0161. The zero-order chi connectivity index (χ0) is 15.2. The Balaban J connectivity index is 2.18. The van der Waals surface area contributed by atoms with Crippen molar-refractivity contribution in [2.24, 2.45) is 0 Å². The molecule has 0 aliphatic heterocycles. The number of hydrogen-bond acceptors (Lipinski definition) is 2. The second-order valence-electron chi connectivity index (χ2n) is 5.14. The lowest BCUT2D eigenvalue weighted by atomic mass is 10.0. The van der Waals surface area contributed by atoms with Gasteiger partial charge in [-0.25, -0.2) is 0 Å². The molecule has 0 aliphatic carbocycles. The predicted molar refractivity (Wildman–Crippen MR) is 88.6 cm³/mol. The number of benzene rings is 2. The van der Waals surface area contributed by atoms with E-state index in [0.717, 1.165) is 23.2 Å². The second kappa shape index (κ2) is 7.21. The van der Waals surface area contributed by atoms with Crippen LogP contribution in [0.15, 0.2) is 54.6 Å². The standard InChI is InChI=1S/C18H18ClNO/c1-20(2)13-15-5-3-4-6-17(15)18(21)12-9-14-7-10-16(19)11-8-14/h3-12H,13H2,1-2H3. The number of nitrogens with zero attached hydrogens (tertiary/aromatic N) is 1. The van der Waals surface area contributed by atoms with Crippen molar-refractivity contribution in [3.8, 4) is 0 Å². The third-order valence-corrected chi connectivity index (χ3v) is 3.32. The van der Waals surface area contributed by atoms with E-state index >= 15 is 0 Å². The number of hydrogen-bond donors (Lipinski definition) is 0. The Labute approximate surface area is 130 Å². The summed E-state index contributed by atoms with van der Waals surface area (Å²) in [5.74, 6) is 0.0161. The van der Waals surface area contributed by atoms with Crippen molar-refractivity contribution in [2.45, 2.75) is 6.54 Å². The smallest absolute Gasteiger partial charge is 0.186 e. The molecule has 3 heteroatoms. The molecular formula is C18H18ClNO. The summed E-state index contributed by atoms with van der Waals surface area (Å²) in [7, 11) is 3.98. The summed E-state index contributed by atoms with van der Waals surface area (Å²) in [6, 6.07) is 15.1. The molecular weight excluding hydrogens is 282 g/mol. The number of carbonyl (C=O) groups excluding carboxylic acids is 1. The summed E-state index contributed by atoms with van der Waals surface area (Å²) in [6.07, 6.45) is 3.42. The first-order valence-electron chi connectivity index (χ1n) is 6.77. The summed E-state index contributed by atoms with van der Waals surface area (Å²) >= 11 is 5.84. The van der Waals surface area contributed by atoms with Crippen molar-refractivity contribution in [3.63, 3.8) is 0 Å². The molecule has 0 unspecified atom stereocenters. The normalized spacial score (nSPS) is 11.2. The maximum absolute atomic E-state index is 12.4. The van der Waals surface area contributed by atoms with Crippen LogP contribution in [0.1, 0.15) is 21.5 Å². The van der Waals surface area contributed by atoms with Gasteiger partial charge in [-0.05, 0) is 43.4 Å². The van der Waals surface area contributed by atoms with Crippen molar-refractivity contribution in [2.75, 3.05) is 14.1 Å². The van der Waals surface area contributed by atoms with Crippen LogP contribution in [-0.2, 0) is 6.54 Å². The average Bonchev–Trinajstić information content (AvgIpc) is 2.46. The number of rotatable bonds is 5. The van der Waals surface area contributed by atoms with Gasteiger partial charge in [0.15, 0.2) is 5.78 Å². The Morgan fingerprint density at radius 2 is 1.76 bits per heavy atom. The highest BCUT2D eigenvalue weighted by atomic mass is 35.5. The van der Waals surface area contributed by atoms with Gasteiger partial charge in [0.25, 0.3) is 0 Å². The number of ketones is 1. The van der Waals surface area contributed by atoms with Crippen LogP contribution in [0.4, 0.5) is 0 Å². The highest BCUT2D eigenvalue weighted by molar-refractivity contribution is 6.30. The predicted octanol–water partition coefficient (Wildman–Crippen LogP) is 4.30. The second-order valence-corrected chi connectivity index (χ2v) is 5.58. The van der Waals surface area contributed by atoms with Gasteiger partial charge in [0, 0.05) is 17.1 Å². The molecule has 0 bridgehead atoms. The number of carbonyl (C=O) groups is 1. The molecule has 0 aromatic heterocycles. The lowest BCUT2D eigenvalue weighted by Gasteiger charge is -2.12. The number of halogens is 1. The molecule has 0 saturated heterocycles. The molecule has 2 aromatic carbocycles. The third-order valence-electron chi connectivity index (χ3n) is 3.07. The minimum Gasteiger partial charge on any atom is -0.305 e. The lowest BCUT2D eigenvalue weighted by molar-refractivity contribution is 0.104. The molecule has 108 valence electrons. The van der Waals surface area contributed by atoms with E-state index in [1.807, 2.05) is 68.7 Å². The molecule has 0 saturated carbocycles. The largest absolute Gasteiger partial charge is 0.305 e. The maximum atomic E-state index is 12.4. The van der Waals surface area contributed by atoms with E-state index < -0.39 is 0 Å². The van der Waals surface area contributed by atoms with E-state index in [-0.39, 0.29) is 5.78 Å². The van der Waals surface area contributed by atoms with E-state index in [9.17, 15) is 4.79 Å². The third kappa shape index (κ3) is 4.55. The van der Waals surface area contributed by atoms with E-state index in [2.05, 4.69) is 4.90 Å². The van der Waals surface area contributed by atoms with E-state index in [1.54, 1.807) is 6.08 Å². The van der Waals surface area contributed by atoms with Gasteiger partial charge in [-0.3, -0.25) is 4.79 Å². The fraction of sp³-hybridized carbons (Fsp3) is 0.167. The Morgan fingerprint density at radius 3 is 2.43 bits per heavy atom. The van der Waals surface area contributed by atoms with Crippen LogP contribution in [0.5, 0.6) is 0 Å². The molecule has 0 fully saturated rings. The first-order chi connectivity index (χ1) is 10.1. The molecule has 0 amide bonds. The van der Waals surface area contributed by atoms with Crippen LogP contribution >= 0.6 is 11.6 Å². The molecule has 0 spiro atoms. The quantitative estimate of drug-likeness (QED) is 0.606. The van der Waals surface area contributed by atoms with Gasteiger partial charge >= 0.3 is 0 Å². The zero-order valence-corrected chi connectivity index (χ0v) is 13.0. The Kier molecular flexibility index (Phi) is 5.32. The van der Waals surface area contributed by atoms with Crippen molar-refractivity contribution >= 4 is 23.5 Å². The lowest BCUT2D eigenvalue weighted by Crippen LogP contribution is -2.13. The summed E-state index contributed by atoms with van der Waals surface area (Å²) in [4.78, 5) is 14.4. The van der Waals surface area contributed by atoms with Crippen molar-refractivity contribution in [1.29, 1.82) is 0 Å². The van der Waals surface area contributed by atoms with Gasteiger partial charge in [0.2, 0.25) is 0 Å². The van der Waals surface area contributed by atoms with E-state index in [1.165, 1.54) is 0 Å². The summed E-state index contributed by atoms with van der Waals surface area (Å²) in [5, 5.41) is 0.690. The van der Waals surface area contributed by atoms with Crippen LogP contribution in [0.25, 0.3) is 6.08 Å². The molecule has 0 heterocycles. The molecule has 2 nitrogen and oxygen atoms in total. The van der Waals surface area contributed by atoms with Gasteiger partial charge in [-0.2, -0.15) is 0 Å². The van der Waals surface area contributed by atoms with Crippen molar-refractivity contribution in [1.82, 2.24) is 4.90 Å². The fourth-order valence-corrected chi connectivity index (χ4v) is 2.20. The van der Waals surface area contributed by atoms with Gasteiger partial charge in [0.1, 0.15) is 0 Å². The highest BCUT2D eigenvalue weighted by Gasteiger charge is 2.08. The SMILES string of the molecule is CN(C)Cc1ccccc1C(=O)C=Cc1ccc(Cl)cc1. The molecule has 2 rings (SSSR count). The monoisotopic (exact) mass is 299 g/mol. The van der Waals surface area contributed by atoms with Gasteiger partial charge in [-0.1, -0.05) is 54.1 Å². The van der Waals surface area contributed by atoms with Gasteiger partial charge in [-0.15, -0.1) is 0 Å². The summed E-state index contributed by atoms with van der Waals surface area (Å²) in [5.41, 5.74) is 2.74. The van der Waals surface area contributed by atoms with Crippen LogP contribution in [0.2, 0.25) is 5.02 Å². The Hall–Kier alpha value is -1.90.